The third-order valence-corrected chi connectivity index (χ3v) is 4.59. The minimum Gasteiger partial charge on any atom is -0.461 e. The Balaban J connectivity index is 1.48. The first-order valence-electron chi connectivity index (χ1n) is 6.53. The molecule has 0 radical (unpaired) electrons. The molecular formula is C13H10N6O2S2. The molecule has 0 amide bonds. The van der Waals surface area contributed by atoms with Crippen LogP contribution in [0.3, 0.4) is 0 Å². The fraction of sp³-hybridized carbons (Fsp3) is 0.0769. The van der Waals surface area contributed by atoms with Crippen LogP contribution in [0.15, 0.2) is 49.3 Å². The second kappa shape index (κ2) is 5.89. The van der Waals surface area contributed by atoms with Crippen molar-refractivity contribution in [3.8, 4) is 23.0 Å². The second-order valence-electron chi connectivity index (χ2n) is 4.47. The lowest BCUT2D eigenvalue weighted by molar-refractivity contribution is 0.425. The molecule has 0 saturated carbocycles. The van der Waals surface area contributed by atoms with E-state index in [2.05, 4.69) is 20.3 Å². The highest BCUT2D eigenvalue weighted by Gasteiger charge is 2.16. The van der Waals surface area contributed by atoms with E-state index in [1.807, 2.05) is 16.8 Å². The molecule has 0 aliphatic rings. The van der Waals surface area contributed by atoms with Gasteiger partial charge in [-0.1, -0.05) is 16.9 Å². The largest absolute Gasteiger partial charge is 0.461 e. The van der Waals surface area contributed by atoms with E-state index in [0.717, 1.165) is 5.56 Å². The van der Waals surface area contributed by atoms with E-state index in [9.17, 15) is 0 Å². The molecule has 4 rings (SSSR count). The molecule has 0 aliphatic heterocycles. The van der Waals surface area contributed by atoms with Crippen LogP contribution in [0.1, 0.15) is 5.82 Å². The molecule has 2 N–H and O–H groups in total. The minimum atomic E-state index is 0.463. The zero-order chi connectivity index (χ0) is 15.6. The van der Waals surface area contributed by atoms with Crippen molar-refractivity contribution in [3.05, 3.63) is 41.0 Å². The molecular weight excluding hydrogens is 336 g/mol. The van der Waals surface area contributed by atoms with Crippen molar-refractivity contribution in [2.24, 2.45) is 0 Å². The Morgan fingerprint density at radius 3 is 3.04 bits per heavy atom. The monoisotopic (exact) mass is 346 g/mol. The molecule has 0 aromatic carbocycles. The van der Waals surface area contributed by atoms with E-state index in [1.165, 1.54) is 16.4 Å². The van der Waals surface area contributed by atoms with Gasteiger partial charge in [-0.05, 0) is 23.6 Å². The van der Waals surface area contributed by atoms with Crippen molar-refractivity contribution in [1.29, 1.82) is 0 Å². The van der Waals surface area contributed by atoms with Crippen LogP contribution < -0.4 is 5.84 Å². The summed E-state index contributed by atoms with van der Waals surface area (Å²) in [6.07, 6.45) is 1.56. The number of nitrogens with zero attached hydrogens (tertiary/aromatic N) is 5. The lowest BCUT2D eigenvalue weighted by Crippen LogP contribution is -2.11. The molecule has 4 heterocycles. The Kier molecular flexibility index (Phi) is 3.60. The lowest BCUT2D eigenvalue weighted by Gasteiger charge is -1.99. The Hall–Kier alpha value is -2.59. The Morgan fingerprint density at radius 1 is 1.30 bits per heavy atom. The van der Waals surface area contributed by atoms with E-state index < -0.39 is 0 Å². The number of thiophene rings is 1. The molecule has 10 heteroatoms. The van der Waals surface area contributed by atoms with Crippen LogP contribution in [0.25, 0.3) is 23.0 Å². The molecule has 4 aromatic heterocycles. The molecule has 0 aliphatic carbocycles. The van der Waals surface area contributed by atoms with Gasteiger partial charge in [0, 0.05) is 5.38 Å². The van der Waals surface area contributed by atoms with Gasteiger partial charge in [-0.15, -0.1) is 10.2 Å². The average Bonchev–Trinajstić information content (AvgIpc) is 3.33. The number of thioether (sulfide) groups is 1. The molecule has 0 saturated heterocycles. The maximum absolute atomic E-state index is 5.99. The minimum absolute atomic E-state index is 0.463. The van der Waals surface area contributed by atoms with Crippen molar-refractivity contribution >= 4 is 23.1 Å². The fourth-order valence-electron chi connectivity index (χ4n) is 1.89. The number of furan rings is 1. The van der Waals surface area contributed by atoms with Crippen molar-refractivity contribution < 1.29 is 8.94 Å². The van der Waals surface area contributed by atoms with Gasteiger partial charge in [0.2, 0.25) is 11.0 Å². The molecule has 0 spiro atoms. The van der Waals surface area contributed by atoms with E-state index >= 15 is 0 Å². The topological polar surface area (TPSA) is 109 Å². The number of nitrogens with two attached hydrogens (primary N) is 1. The van der Waals surface area contributed by atoms with Crippen LogP contribution in [-0.2, 0) is 5.75 Å². The van der Waals surface area contributed by atoms with Gasteiger partial charge >= 0.3 is 0 Å². The Bertz CT molecular complexity index is 897. The van der Waals surface area contributed by atoms with Gasteiger partial charge in [-0.25, -0.2) is 4.68 Å². The number of rotatable bonds is 5. The molecule has 0 unspecified atom stereocenters. The summed E-state index contributed by atoms with van der Waals surface area (Å²) in [6, 6.07) is 5.47. The van der Waals surface area contributed by atoms with Gasteiger partial charge in [0.25, 0.3) is 5.89 Å². The summed E-state index contributed by atoms with van der Waals surface area (Å²) in [5.41, 5.74) is 0.917. The number of hydrogen-bond acceptors (Lipinski definition) is 9. The summed E-state index contributed by atoms with van der Waals surface area (Å²) in [5, 5.41) is 16.5. The van der Waals surface area contributed by atoms with Crippen LogP contribution >= 0.6 is 23.1 Å². The second-order valence-corrected chi connectivity index (χ2v) is 6.19. The fourth-order valence-corrected chi connectivity index (χ4v) is 3.22. The lowest BCUT2D eigenvalue weighted by atomic mass is 10.3. The Morgan fingerprint density at radius 2 is 2.26 bits per heavy atom. The van der Waals surface area contributed by atoms with Gasteiger partial charge in [0.05, 0.1) is 17.6 Å². The summed E-state index contributed by atoms with van der Waals surface area (Å²) in [7, 11) is 0. The quantitative estimate of drug-likeness (QED) is 0.434. The first-order valence-corrected chi connectivity index (χ1v) is 8.46. The first-order chi connectivity index (χ1) is 11.3. The standard InChI is InChI=1S/C13H10N6O2S2/c14-19-11(9-2-1-4-20-9)16-17-13(19)23-7-10-15-12(21-18-10)8-3-5-22-6-8/h1-6H,7,14H2. The highest BCUT2D eigenvalue weighted by atomic mass is 32.2. The van der Waals surface area contributed by atoms with Crippen LogP contribution in [-0.4, -0.2) is 25.0 Å². The van der Waals surface area contributed by atoms with Crippen LogP contribution in [0.4, 0.5) is 0 Å². The van der Waals surface area contributed by atoms with Crippen molar-refractivity contribution in [1.82, 2.24) is 25.0 Å². The third kappa shape index (κ3) is 2.73. The SMILES string of the molecule is Nn1c(SCc2noc(-c3ccsc3)n2)nnc1-c1ccco1. The predicted octanol–water partition coefficient (Wildman–Crippen LogP) is 2.66. The zero-order valence-corrected chi connectivity index (χ0v) is 13.3. The molecule has 0 atom stereocenters. The van der Waals surface area contributed by atoms with E-state index in [1.54, 1.807) is 29.7 Å². The summed E-state index contributed by atoms with van der Waals surface area (Å²) < 4.78 is 11.9. The van der Waals surface area contributed by atoms with Gasteiger partial charge in [-0.3, -0.25) is 0 Å². The van der Waals surface area contributed by atoms with Crippen LogP contribution in [0.2, 0.25) is 0 Å². The number of hydrogen-bond donors (Lipinski definition) is 1. The van der Waals surface area contributed by atoms with Gasteiger partial charge < -0.3 is 14.8 Å². The molecule has 4 aromatic rings. The predicted molar refractivity (Wildman–Crippen MR) is 85.0 cm³/mol. The summed E-state index contributed by atoms with van der Waals surface area (Å²) >= 11 is 2.95. The normalized spacial score (nSPS) is 11.1. The highest BCUT2D eigenvalue weighted by molar-refractivity contribution is 7.98. The number of nitrogen functional groups attached to an aromatic ring is 1. The van der Waals surface area contributed by atoms with Crippen LogP contribution in [0, 0.1) is 0 Å². The van der Waals surface area contributed by atoms with E-state index in [-0.39, 0.29) is 0 Å². The van der Waals surface area contributed by atoms with E-state index in [4.69, 9.17) is 14.8 Å². The van der Waals surface area contributed by atoms with Gasteiger partial charge in [0.1, 0.15) is 0 Å². The van der Waals surface area contributed by atoms with E-state index in [0.29, 0.717) is 34.2 Å². The Labute approximate surface area is 138 Å². The molecule has 23 heavy (non-hydrogen) atoms. The summed E-state index contributed by atoms with van der Waals surface area (Å²) in [6.45, 7) is 0. The zero-order valence-electron chi connectivity index (χ0n) is 11.6. The van der Waals surface area contributed by atoms with Crippen molar-refractivity contribution in [3.63, 3.8) is 0 Å². The first kappa shape index (κ1) is 14.0. The smallest absolute Gasteiger partial charge is 0.258 e. The number of aromatic nitrogens is 5. The van der Waals surface area contributed by atoms with Gasteiger partial charge in [0.15, 0.2) is 11.6 Å². The molecule has 116 valence electrons. The van der Waals surface area contributed by atoms with Gasteiger partial charge in [-0.2, -0.15) is 16.3 Å². The molecule has 8 nitrogen and oxygen atoms in total. The van der Waals surface area contributed by atoms with Crippen molar-refractivity contribution in [2.75, 3.05) is 5.84 Å². The molecule has 0 fully saturated rings. The van der Waals surface area contributed by atoms with Crippen LogP contribution in [0.5, 0.6) is 0 Å². The van der Waals surface area contributed by atoms with Crippen molar-refractivity contribution in [2.45, 2.75) is 10.9 Å². The highest BCUT2D eigenvalue weighted by Crippen LogP contribution is 2.25. The molecule has 0 bridgehead atoms. The summed E-state index contributed by atoms with van der Waals surface area (Å²) in [5.74, 6) is 8.56. The summed E-state index contributed by atoms with van der Waals surface area (Å²) in [4.78, 5) is 4.35. The third-order valence-electron chi connectivity index (χ3n) is 2.97. The maximum Gasteiger partial charge on any atom is 0.258 e. The maximum atomic E-state index is 5.99. The average molecular weight is 346 g/mol.